The number of carbonyl (C=O) groups excluding carboxylic acids is 2. The Hall–Kier alpha value is -1.75. The number of hydrogen-bond donors (Lipinski definition) is 2. The van der Waals surface area contributed by atoms with Crippen molar-refractivity contribution >= 4 is 29.1 Å². The second kappa shape index (κ2) is 8.09. The Morgan fingerprint density at radius 1 is 1.08 bits per heavy atom. The summed E-state index contributed by atoms with van der Waals surface area (Å²) in [4.78, 5) is 24.7. The van der Waals surface area contributed by atoms with Gasteiger partial charge in [0, 0.05) is 23.1 Å². The quantitative estimate of drug-likeness (QED) is 0.846. The van der Waals surface area contributed by atoms with Gasteiger partial charge < -0.3 is 15.4 Å². The first-order chi connectivity index (χ1) is 11.7. The number of halogens is 1. The lowest BCUT2D eigenvalue weighted by Gasteiger charge is -2.30. The predicted octanol–water partition coefficient (Wildman–Crippen LogP) is 4.01. The van der Waals surface area contributed by atoms with Crippen molar-refractivity contribution in [1.29, 1.82) is 0 Å². The van der Waals surface area contributed by atoms with Crippen LogP contribution >= 0.6 is 11.6 Å². The van der Waals surface area contributed by atoms with Gasteiger partial charge in [0.15, 0.2) is 0 Å². The molecule has 0 atom stereocenters. The molecule has 2 N–H and O–H groups in total. The fraction of sp³-hybridized carbons (Fsp3) is 0.579. The van der Waals surface area contributed by atoms with Crippen LogP contribution in [0, 0.1) is 11.8 Å². The second-order valence-electron chi connectivity index (χ2n) is 7.63. The van der Waals surface area contributed by atoms with Gasteiger partial charge in [-0.2, -0.15) is 0 Å². The van der Waals surface area contributed by atoms with Gasteiger partial charge in [-0.3, -0.25) is 9.59 Å². The van der Waals surface area contributed by atoms with E-state index >= 15 is 0 Å². The van der Waals surface area contributed by atoms with Crippen LogP contribution in [0.5, 0.6) is 5.75 Å². The van der Waals surface area contributed by atoms with Crippen LogP contribution in [-0.4, -0.2) is 24.5 Å². The highest BCUT2D eigenvalue weighted by atomic mass is 35.5. The van der Waals surface area contributed by atoms with Gasteiger partial charge in [0.1, 0.15) is 5.75 Å². The first-order valence-corrected chi connectivity index (χ1v) is 9.04. The van der Waals surface area contributed by atoms with Gasteiger partial charge in [0.25, 0.3) is 0 Å². The number of methoxy groups -OCH3 is 1. The van der Waals surface area contributed by atoms with Gasteiger partial charge >= 0.3 is 0 Å². The number of nitrogens with one attached hydrogen (secondary N) is 2. The Kier molecular flexibility index (Phi) is 6.33. The SMILES string of the molecule is COc1ccc(NC(=O)C2CCC(C(=O)NC(C)(C)C)CC2)cc1Cl. The third-order valence-corrected chi connectivity index (χ3v) is 4.68. The zero-order chi connectivity index (χ0) is 18.6. The minimum Gasteiger partial charge on any atom is -0.495 e. The molecule has 1 saturated carbocycles. The molecule has 25 heavy (non-hydrogen) atoms. The van der Waals surface area contributed by atoms with E-state index in [4.69, 9.17) is 16.3 Å². The lowest BCUT2D eigenvalue weighted by Crippen LogP contribution is -2.45. The molecule has 1 aromatic rings. The molecule has 138 valence electrons. The van der Waals surface area contributed by atoms with E-state index in [1.165, 1.54) is 0 Å². The van der Waals surface area contributed by atoms with E-state index in [0.29, 0.717) is 16.5 Å². The molecular formula is C19H27ClN2O3. The maximum Gasteiger partial charge on any atom is 0.227 e. The molecule has 0 bridgehead atoms. The van der Waals surface area contributed by atoms with Crippen molar-refractivity contribution in [2.75, 3.05) is 12.4 Å². The third-order valence-electron chi connectivity index (χ3n) is 4.39. The highest BCUT2D eigenvalue weighted by Crippen LogP contribution is 2.31. The summed E-state index contributed by atoms with van der Waals surface area (Å²) in [5.74, 6) is 0.576. The summed E-state index contributed by atoms with van der Waals surface area (Å²) < 4.78 is 5.11. The monoisotopic (exact) mass is 366 g/mol. The van der Waals surface area contributed by atoms with Crippen molar-refractivity contribution in [3.05, 3.63) is 23.2 Å². The topological polar surface area (TPSA) is 67.4 Å². The molecule has 1 aliphatic carbocycles. The van der Waals surface area contributed by atoms with Crippen molar-refractivity contribution in [1.82, 2.24) is 5.32 Å². The first-order valence-electron chi connectivity index (χ1n) is 8.66. The van der Waals surface area contributed by atoms with Crippen LogP contribution in [0.2, 0.25) is 5.02 Å². The van der Waals surface area contributed by atoms with Gasteiger partial charge in [-0.15, -0.1) is 0 Å². The largest absolute Gasteiger partial charge is 0.495 e. The van der Waals surface area contributed by atoms with Crippen LogP contribution in [0.4, 0.5) is 5.69 Å². The predicted molar refractivity (Wildman–Crippen MR) is 100.0 cm³/mol. The maximum absolute atomic E-state index is 12.5. The lowest BCUT2D eigenvalue weighted by molar-refractivity contribution is -0.129. The van der Waals surface area contributed by atoms with Crippen LogP contribution in [0.25, 0.3) is 0 Å². The van der Waals surface area contributed by atoms with Crippen molar-refractivity contribution < 1.29 is 14.3 Å². The van der Waals surface area contributed by atoms with Crippen molar-refractivity contribution in [3.63, 3.8) is 0 Å². The number of ether oxygens (including phenoxy) is 1. The minimum absolute atomic E-state index is 0.00120. The minimum atomic E-state index is -0.223. The van der Waals surface area contributed by atoms with E-state index in [9.17, 15) is 9.59 Å². The smallest absolute Gasteiger partial charge is 0.227 e. The summed E-state index contributed by atoms with van der Waals surface area (Å²) in [5.41, 5.74) is 0.433. The average molecular weight is 367 g/mol. The van der Waals surface area contributed by atoms with E-state index in [2.05, 4.69) is 10.6 Å². The zero-order valence-electron chi connectivity index (χ0n) is 15.3. The van der Waals surface area contributed by atoms with Crippen LogP contribution < -0.4 is 15.4 Å². The van der Waals surface area contributed by atoms with Crippen molar-refractivity contribution in [3.8, 4) is 5.75 Å². The number of anilines is 1. The van der Waals surface area contributed by atoms with Crippen LogP contribution in [0.15, 0.2) is 18.2 Å². The number of amides is 2. The number of rotatable bonds is 4. The number of hydrogen-bond acceptors (Lipinski definition) is 3. The second-order valence-corrected chi connectivity index (χ2v) is 8.03. The zero-order valence-corrected chi connectivity index (χ0v) is 16.1. The van der Waals surface area contributed by atoms with Gasteiger partial charge in [-0.1, -0.05) is 11.6 Å². The molecule has 5 nitrogen and oxygen atoms in total. The fourth-order valence-electron chi connectivity index (χ4n) is 3.08. The van der Waals surface area contributed by atoms with Crippen molar-refractivity contribution in [2.45, 2.75) is 52.0 Å². The molecular weight excluding hydrogens is 340 g/mol. The molecule has 0 heterocycles. The third kappa shape index (κ3) is 5.63. The van der Waals surface area contributed by atoms with Crippen LogP contribution in [0.3, 0.4) is 0 Å². The van der Waals surface area contributed by atoms with E-state index in [-0.39, 0.29) is 29.2 Å². The fourth-order valence-corrected chi connectivity index (χ4v) is 3.34. The molecule has 1 aliphatic rings. The first kappa shape index (κ1) is 19.6. The number of benzene rings is 1. The maximum atomic E-state index is 12.5. The molecule has 0 radical (unpaired) electrons. The Labute approximate surface area is 154 Å². The van der Waals surface area contributed by atoms with E-state index in [1.54, 1.807) is 25.3 Å². The average Bonchev–Trinajstić information content (AvgIpc) is 2.53. The Morgan fingerprint density at radius 3 is 2.12 bits per heavy atom. The summed E-state index contributed by atoms with van der Waals surface area (Å²) in [6.07, 6.45) is 2.92. The van der Waals surface area contributed by atoms with Gasteiger partial charge in [0.2, 0.25) is 11.8 Å². The molecule has 1 aromatic carbocycles. The standard InChI is InChI=1S/C19H27ClN2O3/c1-19(2,3)22-18(24)13-7-5-12(6-8-13)17(23)21-14-9-10-16(25-4)15(20)11-14/h9-13H,5-8H2,1-4H3,(H,21,23)(H,22,24). The van der Waals surface area contributed by atoms with E-state index in [1.807, 2.05) is 20.8 Å². The Morgan fingerprint density at radius 2 is 1.64 bits per heavy atom. The van der Waals surface area contributed by atoms with Gasteiger partial charge in [-0.25, -0.2) is 0 Å². The summed E-state index contributed by atoms with van der Waals surface area (Å²) in [7, 11) is 1.55. The molecule has 0 aliphatic heterocycles. The molecule has 6 heteroatoms. The summed E-state index contributed by atoms with van der Waals surface area (Å²) >= 11 is 6.08. The highest BCUT2D eigenvalue weighted by Gasteiger charge is 2.31. The highest BCUT2D eigenvalue weighted by molar-refractivity contribution is 6.32. The summed E-state index contributed by atoms with van der Waals surface area (Å²) in [5, 5.41) is 6.39. The van der Waals surface area contributed by atoms with E-state index < -0.39 is 0 Å². The molecule has 2 amide bonds. The molecule has 2 rings (SSSR count). The normalized spacial score (nSPS) is 20.7. The molecule has 1 fully saturated rings. The van der Waals surface area contributed by atoms with Gasteiger partial charge in [-0.05, 0) is 64.7 Å². The summed E-state index contributed by atoms with van der Waals surface area (Å²) in [6, 6.07) is 5.18. The Bertz CT molecular complexity index is 632. The van der Waals surface area contributed by atoms with E-state index in [0.717, 1.165) is 25.7 Å². The van der Waals surface area contributed by atoms with Crippen LogP contribution in [-0.2, 0) is 9.59 Å². The van der Waals surface area contributed by atoms with Crippen molar-refractivity contribution in [2.24, 2.45) is 11.8 Å². The Balaban J connectivity index is 1.87. The molecule has 0 aromatic heterocycles. The molecule has 0 spiro atoms. The number of carbonyl (C=O) groups is 2. The molecule has 0 unspecified atom stereocenters. The van der Waals surface area contributed by atoms with Gasteiger partial charge in [0.05, 0.1) is 12.1 Å². The molecule has 0 saturated heterocycles. The van der Waals surface area contributed by atoms with Crippen LogP contribution in [0.1, 0.15) is 46.5 Å². The lowest BCUT2D eigenvalue weighted by atomic mass is 9.81. The summed E-state index contributed by atoms with van der Waals surface area (Å²) in [6.45, 7) is 5.93.